The van der Waals surface area contributed by atoms with E-state index in [0.29, 0.717) is 12.0 Å². The molecule has 3 aliphatic rings. The number of hydrogen-bond acceptors (Lipinski definition) is 1. The van der Waals surface area contributed by atoms with Crippen LogP contribution in [0.1, 0.15) is 24.3 Å². The molecule has 2 aliphatic heterocycles. The number of benzene rings is 1. The Balaban J connectivity index is 0.000000722. The van der Waals surface area contributed by atoms with Crippen LogP contribution in [0.4, 0.5) is 5.69 Å². The highest BCUT2D eigenvalue weighted by atomic mass is 127. The van der Waals surface area contributed by atoms with Crippen molar-refractivity contribution in [1.82, 2.24) is 0 Å². The van der Waals surface area contributed by atoms with E-state index in [1.54, 1.807) is 0 Å². The van der Waals surface area contributed by atoms with Gasteiger partial charge in [0.15, 0.2) is 5.71 Å². The molecular formula is C12H12INO. The van der Waals surface area contributed by atoms with E-state index in [1.807, 2.05) is 0 Å². The molecule has 0 aromatic heterocycles. The molecule has 78 valence electrons. The molecule has 2 heterocycles. The van der Waals surface area contributed by atoms with Crippen LogP contribution in [-0.4, -0.2) is 23.1 Å². The van der Waals surface area contributed by atoms with Crippen LogP contribution in [-0.2, 0) is 4.74 Å². The van der Waals surface area contributed by atoms with E-state index in [2.05, 4.69) is 28.8 Å². The first-order valence-corrected chi connectivity index (χ1v) is 5.30. The Labute approximate surface area is 106 Å². The van der Waals surface area contributed by atoms with Gasteiger partial charge >= 0.3 is 0 Å². The van der Waals surface area contributed by atoms with Crippen LogP contribution in [0.25, 0.3) is 0 Å². The van der Waals surface area contributed by atoms with Crippen LogP contribution in [0.2, 0.25) is 0 Å². The van der Waals surface area contributed by atoms with Crippen LogP contribution in [0, 0.1) is 0 Å². The van der Waals surface area contributed by atoms with E-state index in [1.165, 1.54) is 29.8 Å². The summed E-state index contributed by atoms with van der Waals surface area (Å²) in [5, 5.41) is 0. The summed E-state index contributed by atoms with van der Waals surface area (Å²) in [6, 6.07) is 8.75. The van der Waals surface area contributed by atoms with Crippen LogP contribution in [0.15, 0.2) is 24.3 Å². The smallest absolute Gasteiger partial charge is 0.254 e. The topological polar surface area (TPSA) is 12.2 Å². The molecule has 3 heteroatoms. The SMILES string of the molecule is [I-].c1ccc2c(c1)C1CCC3OC[N+]2=C31. The molecule has 2 atom stereocenters. The van der Waals surface area contributed by atoms with E-state index in [0.717, 1.165) is 6.73 Å². The molecule has 0 amide bonds. The van der Waals surface area contributed by atoms with Gasteiger partial charge in [0.1, 0.15) is 6.10 Å². The lowest BCUT2D eigenvalue weighted by molar-refractivity contribution is -0.468. The summed E-state index contributed by atoms with van der Waals surface area (Å²) in [5.74, 6) is 0.665. The molecule has 2 unspecified atom stereocenters. The van der Waals surface area contributed by atoms with E-state index in [-0.39, 0.29) is 24.0 Å². The van der Waals surface area contributed by atoms with Gasteiger partial charge in [0.2, 0.25) is 5.69 Å². The Hall–Kier alpha value is -0.420. The third kappa shape index (κ3) is 1.11. The van der Waals surface area contributed by atoms with Crippen molar-refractivity contribution in [2.45, 2.75) is 24.9 Å². The van der Waals surface area contributed by atoms with Crippen molar-refractivity contribution in [2.24, 2.45) is 0 Å². The average Bonchev–Trinajstić information content (AvgIpc) is 2.86. The minimum absolute atomic E-state index is 0. The van der Waals surface area contributed by atoms with Gasteiger partial charge in [0.05, 0.1) is 5.92 Å². The van der Waals surface area contributed by atoms with Crippen LogP contribution < -0.4 is 24.0 Å². The number of halogens is 1. The molecule has 0 radical (unpaired) electrons. The van der Waals surface area contributed by atoms with E-state index in [9.17, 15) is 0 Å². The Morgan fingerprint density at radius 3 is 3.00 bits per heavy atom. The molecule has 2 nitrogen and oxygen atoms in total. The van der Waals surface area contributed by atoms with Crippen molar-refractivity contribution in [3.8, 4) is 0 Å². The highest BCUT2D eigenvalue weighted by molar-refractivity contribution is 5.97. The lowest BCUT2D eigenvalue weighted by Gasteiger charge is -2.00. The summed E-state index contributed by atoms with van der Waals surface area (Å²) in [6.07, 6.45) is 2.91. The summed E-state index contributed by atoms with van der Waals surface area (Å²) in [4.78, 5) is 0. The fourth-order valence-electron chi connectivity index (χ4n) is 3.16. The Kier molecular flexibility index (Phi) is 2.14. The van der Waals surface area contributed by atoms with Gasteiger partial charge in [0.25, 0.3) is 6.73 Å². The molecule has 4 rings (SSSR count). The van der Waals surface area contributed by atoms with Crippen LogP contribution in [0.3, 0.4) is 0 Å². The van der Waals surface area contributed by atoms with Crippen molar-refractivity contribution < 1.29 is 33.3 Å². The summed E-state index contributed by atoms with van der Waals surface area (Å²) >= 11 is 0. The first-order valence-electron chi connectivity index (χ1n) is 5.30. The fraction of sp³-hybridized carbons (Fsp3) is 0.417. The molecule has 1 fully saturated rings. The fourth-order valence-corrected chi connectivity index (χ4v) is 3.16. The van der Waals surface area contributed by atoms with Gasteiger partial charge in [-0.25, -0.2) is 0 Å². The highest BCUT2D eigenvalue weighted by Gasteiger charge is 2.51. The first-order chi connectivity index (χ1) is 6.95. The van der Waals surface area contributed by atoms with Gasteiger partial charge in [-0.15, -0.1) is 0 Å². The number of ether oxygens (including phenoxy) is 1. The lowest BCUT2D eigenvalue weighted by Crippen LogP contribution is -3.00. The standard InChI is InChI=1S/C12H12NO.HI/c1-2-4-10-8(3-1)9-5-6-11-12(9)13(10)7-14-11;/h1-4,9,11H,5-7H2;1H/q+1;/p-1. The first kappa shape index (κ1) is 9.78. The van der Waals surface area contributed by atoms with Gasteiger partial charge in [-0.1, -0.05) is 18.2 Å². The summed E-state index contributed by atoms with van der Waals surface area (Å²) in [7, 11) is 0. The molecule has 15 heavy (non-hydrogen) atoms. The molecule has 1 aromatic rings. The van der Waals surface area contributed by atoms with Gasteiger partial charge in [-0.05, 0) is 12.8 Å². The molecule has 1 saturated carbocycles. The molecule has 1 aliphatic carbocycles. The van der Waals surface area contributed by atoms with E-state index in [4.69, 9.17) is 4.74 Å². The number of nitrogens with zero attached hydrogens (tertiary/aromatic N) is 1. The molecular weight excluding hydrogens is 301 g/mol. The largest absolute Gasteiger partial charge is 1.00 e. The summed E-state index contributed by atoms with van der Waals surface area (Å²) in [6.45, 7) is 0.771. The monoisotopic (exact) mass is 313 g/mol. The Morgan fingerprint density at radius 2 is 2.07 bits per heavy atom. The average molecular weight is 313 g/mol. The van der Waals surface area contributed by atoms with Gasteiger partial charge in [0, 0.05) is 11.6 Å². The Bertz CT molecular complexity index is 455. The number of para-hydroxylation sites is 1. The zero-order chi connectivity index (χ0) is 9.12. The van der Waals surface area contributed by atoms with Crippen molar-refractivity contribution in [3.63, 3.8) is 0 Å². The molecule has 0 spiro atoms. The van der Waals surface area contributed by atoms with Gasteiger partial charge < -0.3 is 28.7 Å². The lowest BCUT2D eigenvalue weighted by atomic mass is 9.98. The van der Waals surface area contributed by atoms with Crippen LogP contribution >= 0.6 is 0 Å². The predicted octanol–water partition coefficient (Wildman–Crippen LogP) is -0.977. The normalized spacial score (nSPS) is 30.1. The second kappa shape index (κ2) is 3.28. The van der Waals surface area contributed by atoms with E-state index < -0.39 is 0 Å². The van der Waals surface area contributed by atoms with Crippen LogP contribution in [0.5, 0.6) is 0 Å². The number of hydrogen-bond donors (Lipinski definition) is 0. The summed E-state index contributed by atoms with van der Waals surface area (Å²) in [5.41, 5.74) is 4.44. The maximum atomic E-state index is 5.76. The quantitative estimate of drug-likeness (QED) is 0.443. The van der Waals surface area contributed by atoms with Crippen molar-refractivity contribution in [3.05, 3.63) is 29.8 Å². The molecule has 0 N–H and O–H groups in total. The zero-order valence-corrected chi connectivity index (χ0v) is 10.5. The van der Waals surface area contributed by atoms with E-state index >= 15 is 0 Å². The second-order valence-electron chi connectivity index (χ2n) is 4.33. The third-order valence-corrected chi connectivity index (χ3v) is 3.72. The second-order valence-corrected chi connectivity index (χ2v) is 4.33. The molecule has 0 bridgehead atoms. The molecule has 1 aromatic carbocycles. The number of fused-ring (bicyclic) bond motifs is 3. The van der Waals surface area contributed by atoms with Crippen molar-refractivity contribution >= 4 is 11.4 Å². The van der Waals surface area contributed by atoms with Gasteiger partial charge in [-0.2, -0.15) is 4.58 Å². The minimum Gasteiger partial charge on any atom is -1.00 e. The van der Waals surface area contributed by atoms with Crippen molar-refractivity contribution in [2.75, 3.05) is 6.73 Å². The highest BCUT2D eigenvalue weighted by Crippen LogP contribution is 2.46. The predicted molar refractivity (Wildman–Crippen MR) is 53.1 cm³/mol. The summed E-state index contributed by atoms with van der Waals surface area (Å²) < 4.78 is 8.13. The zero-order valence-electron chi connectivity index (χ0n) is 8.32. The maximum Gasteiger partial charge on any atom is 0.254 e. The van der Waals surface area contributed by atoms with Crippen molar-refractivity contribution in [1.29, 1.82) is 0 Å². The molecule has 0 saturated heterocycles. The maximum absolute atomic E-state index is 5.76. The van der Waals surface area contributed by atoms with Gasteiger partial charge in [-0.3, -0.25) is 0 Å². The Morgan fingerprint density at radius 1 is 1.20 bits per heavy atom. The minimum atomic E-state index is 0. The number of rotatable bonds is 0. The third-order valence-electron chi connectivity index (χ3n) is 3.72.